The number of halogens is 1. The van der Waals surface area contributed by atoms with E-state index in [1.54, 1.807) is 12.1 Å². The Morgan fingerprint density at radius 3 is 2.79 bits per heavy atom. The molecule has 2 N–H and O–H groups in total. The van der Waals surface area contributed by atoms with E-state index in [0.29, 0.717) is 12.1 Å². The van der Waals surface area contributed by atoms with E-state index < -0.39 is 0 Å². The number of benzene rings is 1. The zero-order valence-corrected chi connectivity index (χ0v) is 9.50. The van der Waals surface area contributed by atoms with Crippen LogP contribution in [-0.2, 0) is 11.2 Å². The first-order valence-electron chi connectivity index (χ1n) is 4.25. The van der Waals surface area contributed by atoms with Crippen molar-refractivity contribution in [2.45, 2.75) is 6.42 Å². The first-order chi connectivity index (χ1) is 6.67. The van der Waals surface area contributed by atoms with Gasteiger partial charge in [-0.1, -0.05) is 15.9 Å². The van der Waals surface area contributed by atoms with Crippen LogP contribution in [-0.4, -0.2) is 19.6 Å². The highest BCUT2D eigenvalue weighted by molar-refractivity contribution is 9.10. The molecule has 0 bridgehead atoms. The fourth-order valence-electron chi connectivity index (χ4n) is 1.20. The quantitative estimate of drug-likeness (QED) is 0.840. The van der Waals surface area contributed by atoms with Gasteiger partial charge in [0, 0.05) is 4.47 Å². The lowest BCUT2D eigenvalue weighted by atomic mass is 10.1. The van der Waals surface area contributed by atoms with Crippen LogP contribution in [0.5, 0.6) is 0 Å². The number of carbonyl (C=O) groups is 1. The summed E-state index contributed by atoms with van der Waals surface area (Å²) in [5.74, 6) is -0.329. The minimum absolute atomic E-state index is 0.329. The predicted octanol–water partition coefficient (Wildman–Crippen LogP) is 1.74. The second kappa shape index (κ2) is 5.12. The Hall–Kier alpha value is -0.870. The molecule has 1 aromatic carbocycles. The zero-order valence-electron chi connectivity index (χ0n) is 7.92. The molecule has 76 valence electrons. The van der Waals surface area contributed by atoms with Crippen molar-refractivity contribution < 1.29 is 9.53 Å². The van der Waals surface area contributed by atoms with Crippen LogP contribution in [0, 0.1) is 0 Å². The Kier molecular flexibility index (Phi) is 4.10. The summed E-state index contributed by atoms with van der Waals surface area (Å²) < 4.78 is 5.50. The van der Waals surface area contributed by atoms with Crippen LogP contribution in [0.1, 0.15) is 15.9 Å². The van der Waals surface area contributed by atoms with E-state index in [1.165, 1.54) is 7.11 Å². The molecule has 14 heavy (non-hydrogen) atoms. The lowest BCUT2D eigenvalue weighted by Crippen LogP contribution is -2.06. The van der Waals surface area contributed by atoms with Gasteiger partial charge in [0.1, 0.15) is 0 Å². The molecule has 0 saturated carbocycles. The fraction of sp³-hybridized carbons (Fsp3) is 0.300. The molecule has 0 atom stereocenters. The summed E-state index contributed by atoms with van der Waals surface area (Å²) in [5.41, 5.74) is 7.01. The Balaban J connectivity index is 3.00. The number of esters is 1. The predicted molar refractivity (Wildman–Crippen MR) is 58.2 cm³/mol. The van der Waals surface area contributed by atoms with Crippen molar-refractivity contribution >= 4 is 21.9 Å². The minimum atomic E-state index is -0.329. The van der Waals surface area contributed by atoms with Gasteiger partial charge in [-0.05, 0) is 36.7 Å². The van der Waals surface area contributed by atoms with Gasteiger partial charge in [-0.3, -0.25) is 0 Å². The number of rotatable bonds is 3. The standard InChI is InChI=1S/C10H12BrNO2/c1-14-10(13)8-4-7(2-3-12)5-9(11)6-8/h4-6H,2-3,12H2,1H3. The second-order valence-electron chi connectivity index (χ2n) is 2.88. The molecule has 1 rings (SSSR count). The topological polar surface area (TPSA) is 52.3 Å². The molecule has 0 aliphatic heterocycles. The molecule has 0 aromatic heterocycles. The third-order valence-corrected chi connectivity index (χ3v) is 2.27. The van der Waals surface area contributed by atoms with Gasteiger partial charge in [0.25, 0.3) is 0 Å². The number of hydrogen-bond donors (Lipinski definition) is 1. The van der Waals surface area contributed by atoms with E-state index in [0.717, 1.165) is 16.5 Å². The smallest absolute Gasteiger partial charge is 0.337 e. The molecule has 0 spiro atoms. The number of nitrogens with two attached hydrogens (primary N) is 1. The Morgan fingerprint density at radius 2 is 2.21 bits per heavy atom. The van der Waals surface area contributed by atoms with Crippen LogP contribution >= 0.6 is 15.9 Å². The molecule has 4 heteroatoms. The van der Waals surface area contributed by atoms with Crippen LogP contribution in [0.15, 0.2) is 22.7 Å². The third kappa shape index (κ3) is 2.82. The number of carbonyl (C=O) groups excluding carboxylic acids is 1. The van der Waals surface area contributed by atoms with Crippen LogP contribution in [0.4, 0.5) is 0 Å². The van der Waals surface area contributed by atoms with Crippen molar-refractivity contribution in [2.24, 2.45) is 5.73 Å². The van der Waals surface area contributed by atoms with E-state index in [1.807, 2.05) is 6.07 Å². The third-order valence-electron chi connectivity index (χ3n) is 1.81. The molecule has 0 radical (unpaired) electrons. The minimum Gasteiger partial charge on any atom is -0.465 e. The molecule has 0 aliphatic carbocycles. The number of hydrogen-bond acceptors (Lipinski definition) is 3. The highest BCUT2D eigenvalue weighted by Crippen LogP contribution is 2.16. The molecule has 0 aliphatic rings. The Morgan fingerprint density at radius 1 is 1.50 bits per heavy atom. The molecule has 0 heterocycles. The van der Waals surface area contributed by atoms with E-state index in [9.17, 15) is 4.79 Å². The average Bonchev–Trinajstić information content (AvgIpc) is 2.16. The molecule has 0 amide bonds. The van der Waals surface area contributed by atoms with Gasteiger partial charge in [-0.2, -0.15) is 0 Å². The van der Waals surface area contributed by atoms with Gasteiger partial charge in [-0.15, -0.1) is 0 Å². The highest BCUT2D eigenvalue weighted by atomic mass is 79.9. The Labute approximate surface area is 91.4 Å². The lowest BCUT2D eigenvalue weighted by Gasteiger charge is -2.04. The second-order valence-corrected chi connectivity index (χ2v) is 3.79. The van der Waals surface area contributed by atoms with Crippen molar-refractivity contribution in [2.75, 3.05) is 13.7 Å². The van der Waals surface area contributed by atoms with Crippen molar-refractivity contribution in [3.05, 3.63) is 33.8 Å². The summed E-state index contributed by atoms with van der Waals surface area (Å²) in [7, 11) is 1.37. The maximum Gasteiger partial charge on any atom is 0.337 e. The molecular formula is C10H12BrNO2. The highest BCUT2D eigenvalue weighted by Gasteiger charge is 2.07. The van der Waals surface area contributed by atoms with Gasteiger partial charge in [0.05, 0.1) is 12.7 Å². The molecule has 1 aromatic rings. The number of ether oxygens (including phenoxy) is 1. The van der Waals surface area contributed by atoms with Crippen LogP contribution < -0.4 is 5.73 Å². The summed E-state index contributed by atoms with van der Waals surface area (Å²) in [5, 5.41) is 0. The fourth-order valence-corrected chi connectivity index (χ4v) is 1.74. The van der Waals surface area contributed by atoms with Crippen LogP contribution in [0.3, 0.4) is 0 Å². The van der Waals surface area contributed by atoms with Gasteiger partial charge in [0.15, 0.2) is 0 Å². The summed E-state index contributed by atoms with van der Waals surface area (Å²) in [4.78, 5) is 11.2. The zero-order chi connectivity index (χ0) is 10.6. The SMILES string of the molecule is COC(=O)c1cc(Br)cc(CCN)c1. The molecule has 3 nitrogen and oxygen atoms in total. The van der Waals surface area contributed by atoms with E-state index in [-0.39, 0.29) is 5.97 Å². The first-order valence-corrected chi connectivity index (χ1v) is 5.04. The first kappa shape index (κ1) is 11.2. The van der Waals surface area contributed by atoms with Crippen molar-refractivity contribution in [3.8, 4) is 0 Å². The molecule has 0 unspecified atom stereocenters. The van der Waals surface area contributed by atoms with Crippen LogP contribution in [0.2, 0.25) is 0 Å². The van der Waals surface area contributed by atoms with Gasteiger partial charge >= 0.3 is 5.97 Å². The van der Waals surface area contributed by atoms with E-state index in [2.05, 4.69) is 20.7 Å². The van der Waals surface area contributed by atoms with Gasteiger partial charge < -0.3 is 10.5 Å². The maximum absolute atomic E-state index is 11.2. The summed E-state index contributed by atoms with van der Waals surface area (Å²) in [6.45, 7) is 0.567. The monoisotopic (exact) mass is 257 g/mol. The lowest BCUT2D eigenvalue weighted by molar-refractivity contribution is 0.0600. The van der Waals surface area contributed by atoms with Crippen molar-refractivity contribution in [1.82, 2.24) is 0 Å². The van der Waals surface area contributed by atoms with E-state index >= 15 is 0 Å². The van der Waals surface area contributed by atoms with E-state index in [4.69, 9.17) is 5.73 Å². The maximum atomic E-state index is 11.2. The largest absolute Gasteiger partial charge is 0.465 e. The Bertz CT molecular complexity index is 339. The van der Waals surface area contributed by atoms with Crippen LogP contribution in [0.25, 0.3) is 0 Å². The normalized spacial score (nSPS) is 9.93. The molecule has 0 fully saturated rings. The summed E-state index contributed by atoms with van der Waals surface area (Å²) in [6.07, 6.45) is 0.753. The van der Waals surface area contributed by atoms with Gasteiger partial charge in [-0.25, -0.2) is 4.79 Å². The van der Waals surface area contributed by atoms with Crippen molar-refractivity contribution in [3.63, 3.8) is 0 Å². The molecular weight excluding hydrogens is 246 g/mol. The molecule has 0 saturated heterocycles. The summed E-state index contributed by atoms with van der Waals surface area (Å²) >= 11 is 3.33. The summed E-state index contributed by atoms with van der Waals surface area (Å²) in [6, 6.07) is 5.47. The average molecular weight is 258 g/mol. The van der Waals surface area contributed by atoms with Crippen molar-refractivity contribution in [1.29, 1.82) is 0 Å². The number of methoxy groups -OCH3 is 1. The van der Waals surface area contributed by atoms with Gasteiger partial charge in [0.2, 0.25) is 0 Å².